The molecule has 0 unspecified atom stereocenters. The number of hydrogen-bond donors (Lipinski definition) is 0. The van der Waals surface area contributed by atoms with E-state index in [1.807, 2.05) is 0 Å². The monoisotopic (exact) mass is 375 g/mol. The van der Waals surface area contributed by atoms with Gasteiger partial charge < -0.3 is 9.80 Å². The molecular formula is C24H45N3. The van der Waals surface area contributed by atoms with E-state index < -0.39 is 0 Å². The van der Waals surface area contributed by atoms with E-state index in [0.717, 1.165) is 5.41 Å². The molecule has 0 bridgehead atoms. The van der Waals surface area contributed by atoms with Gasteiger partial charge in [-0.25, -0.2) is 0 Å². The summed E-state index contributed by atoms with van der Waals surface area (Å²) in [6, 6.07) is 0. The maximum absolute atomic E-state index is 2.85. The zero-order chi connectivity index (χ0) is 19.0. The number of rotatable bonds is 6. The van der Waals surface area contributed by atoms with Crippen molar-refractivity contribution in [1.29, 1.82) is 0 Å². The molecule has 4 fully saturated rings. The number of piperazine rings is 1. The summed E-state index contributed by atoms with van der Waals surface area (Å²) in [5.74, 6) is 0. The van der Waals surface area contributed by atoms with E-state index in [-0.39, 0.29) is 0 Å². The summed E-state index contributed by atoms with van der Waals surface area (Å²) in [6.07, 6.45) is 14.7. The molecule has 3 heteroatoms. The van der Waals surface area contributed by atoms with Gasteiger partial charge in [-0.1, -0.05) is 20.3 Å². The van der Waals surface area contributed by atoms with Gasteiger partial charge in [0, 0.05) is 38.3 Å². The minimum absolute atomic E-state index is 0.488. The predicted octanol–water partition coefficient (Wildman–Crippen LogP) is 4.62. The Hall–Kier alpha value is -0.120. The molecule has 0 aromatic rings. The van der Waals surface area contributed by atoms with E-state index in [2.05, 4.69) is 35.5 Å². The molecule has 2 heterocycles. The molecule has 3 nitrogen and oxygen atoms in total. The lowest BCUT2D eigenvalue weighted by Crippen LogP contribution is -2.58. The maximum Gasteiger partial charge on any atom is 0.0182 e. The highest BCUT2D eigenvalue weighted by Gasteiger charge is 2.47. The Bertz CT molecular complexity index is 472. The van der Waals surface area contributed by atoms with Gasteiger partial charge in [0.05, 0.1) is 0 Å². The quantitative estimate of drug-likeness (QED) is 0.671. The lowest BCUT2D eigenvalue weighted by Gasteiger charge is -2.54. The Morgan fingerprint density at radius 2 is 1.30 bits per heavy atom. The molecule has 2 aliphatic carbocycles. The van der Waals surface area contributed by atoms with Gasteiger partial charge in [-0.2, -0.15) is 0 Å². The lowest BCUT2D eigenvalue weighted by atomic mass is 9.63. The van der Waals surface area contributed by atoms with Crippen molar-refractivity contribution in [2.24, 2.45) is 10.8 Å². The van der Waals surface area contributed by atoms with Crippen LogP contribution in [0.5, 0.6) is 0 Å². The molecule has 0 N–H and O–H groups in total. The molecular weight excluding hydrogens is 330 g/mol. The molecule has 4 aliphatic rings. The summed E-state index contributed by atoms with van der Waals surface area (Å²) in [5.41, 5.74) is 1.93. The number of hydrogen-bond acceptors (Lipinski definition) is 3. The molecule has 156 valence electrons. The van der Waals surface area contributed by atoms with Crippen LogP contribution in [-0.4, -0.2) is 72.6 Å². The molecule has 2 saturated carbocycles. The number of likely N-dealkylation sites (N-methyl/N-ethyl adjacent to an activating group) is 1. The van der Waals surface area contributed by atoms with Crippen LogP contribution in [0.25, 0.3) is 0 Å². The topological polar surface area (TPSA) is 9.72 Å². The first-order valence-electron chi connectivity index (χ1n) is 12.2. The minimum atomic E-state index is 0.488. The van der Waals surface area contributed by atoms with Crippen molar-refractivity contribution >= 4 is 0 Å². The Kier molecular flexibility index (Phi) is 5.94. The van der Waals surface area contributed by atoms with Crippen LogP contribution in [0.3, 0.4) is 0 Å². The van der Waals surface area contributed by atoms with Crippen molar-refractivity contribution in [1.82, 2.24) is 14.7 Å². The molecule has 2 aliphatic heterocycles. The van der Waals surface area contributed by atoms with E-state index in [1.165, 1.54) is 117 Å². The van der Waals surface area contributed by atoms with Crippen LogP contribution in [0.1, 0.15) is 85.0 Å². The lowest BCUT2D eigenvalue weighted by molar-refractivity contribution is -0.0300. The summed E-state index contributed by atoms with van der Waals surface area (Å²) >= 11 is 0. The van der Waals surface area contributed by atoms with Crippen LogP contribution in [0, 0.1) is 10.8 Å². The molecule has 0 radical (unpaired) electrons. The molecule has 0 amide bonds. The van der Waals surface area contributed by atoms with E-state index in [1.54, 1.807) is 0 Å². The SMILES string of the molecule is CCCC1(CN2CCC3(CC2)CCC(C)(N2CCN(CC)CC2)CC3)CC1. The van der Waals surface area contributed by atoms with Gasteiger partial charge in [0.25, 0.3) is 0 Å². The van der Waals surface area contributed by atoms with E-state index >= 15 is 0 Å². The summed E-state index contributed by atoms with van der Waals surface area (Å²) < 4.78 is 0. The third-order valence-electron chi connectivity index (χ3n) is 9.18. The van der Waals surface area contributed by atoms with Crippen LogP contribution in [0.2, 0.25) is 0 Å². The molecule has 0 aromatic heterocycles. The van der Waals surface area contributed by atoms with Gasteiger partial charge in [0.15, 0.2) is 0 Å². The highest BCUT2D eigenvalue weighted by Crippen LogP contribution is 2.52. The van der Waals surface area contributed by atoms with Crippen LogP contribution in [0.4, 0.5) is 0 Å². The third-order valence-corrected chi connectivity index (χ3v) is 9.18. The molecule has 0 aromatic carbocycles. The highest BCUT2D eigenvalue weighted by molar-refractivity contribution is 5.01. The van der Waals surface area contributed by atoms with Gasteiger partial charge in [0.2, 0.25) is 0 Å². The highest BCUT2D eigenvalue weighted by atomic mass is 15.3. The smallest absolute Gasteiger partial charge is 0.0182 e. The maximum atomic E-state index is 2.85. The van der Waals surface area contributed by atoms with Gasteiger partial charge in [-0.15, -0.1) is 0 Å². The Balaban J connectivity index is 1.25. The average Bonchev–Trinajstić information content (AvgIpc) is 3.46. The van der Waals surface area contributed by atoms with Gasteiger partial charge in [0.1, 0.15) is 0 Å². The van der Waals surface area contributed by atoms with E-state index in [0.29, 0.717) is 11.0 Å². The van der Waals surface area contributed by atoms with Crippen molar-refractivity contribution in [2.45, 2.75) is 90.5 Å². The van der Waals surface area contributed by atoms with Crippen molar-refractivity contribution < 1.29 is 0 Å². The van der Waals surface area contributed by atoms with Crippen molar-refractivity contribution in [3.05, 3.63) is 0 Å². The zero-order valence-electron chi connectivity index (χ0n) is 18.6. The van der Waals surface area contributed by atoms with Crippen molar-refractivity contribution in [3.8, 4) is 0 Å². The second-order valence-corrected chi connectivity index (χ2v) is 10.9. The molecule has 4 rings (SSSR count). The van der Waals surface area contributed by atoms with Crippen LogP contribution in [-0.2, 0) is 0 Å². The van der Waals surface area contributed by atoms with Crippen LogP contribution < -0.4 is 0 Å². The summed E-state index contributed by atoms with van der Waals surface area (Å²) in [7, 11) is 0. The number of likely N-dealkylation sites (tertiary alicyclic amines) is 1. The number of piperidine rings is 1. The van der Waals surface area contributed by atoms with Gasteiger partial charge >= 0.3 is 0 Å². The van der Waals surface area contributed by atoms with Crippen LogP contribution >= 0.6 is 0 Å². The third kappa shape index (κ3) is 4.41. The molecule has 1 spiro atoms. The molecule has 0 atom stereocenters. The number of nitrogens with zero attached hydrogens (tertiary/aromatic N) is 3. The molecule has 2 saturated heterocycles. The summed E-state index contributed by atoms with van der Waals surface area (Å²) in [5, 5.41) is 0. The normalized spacial score (nSPS) is 31.2. The van der Waals surface area contributed by atoms with Crippen molar-refractivity contribution in [3.63, 3.8) is 0 Å². The Morgan fingerprint density at radius 1 is 0.667 bits per heavy atom. The predicted molar refractivity (Wildman–Crippen MR) is 115 cm³/mol. The Morgan fingerprint density at radius 3 is 1.81 bits per heavy atom. The van der Waals surface area contributed by atoms with E-state index in [4.69, 9.17) is 0 Å². The summed E-state index contributed by atoms with van der Waals surface area (Å²) in [6.45, 7) is 17.8. The molecule has 27 heavy (non-hydrogen) atoms. The first kappa shape index (κ1) is 20.2. The fourth-order valence-corrected chi connectivity index (χ4v) is 6.59. The van der Waals surface area contributed by atoms with E-state index in [9.17, 15) is 0 Å². The van der Waals surface area contributed by atoms with Gasteiger partial charge in [-0.3, -0.25) is 4.90 Å². The fraction of sp³-hybridized carbons (Fsp3) is 1.00. The average molecular weight is 376 g/mol. The first-order valence-corrected chi connectivity index (χ1v) is 12.2. The first-order chi connectivity index (χ1) is 13.0. The standard InChI is InChI=1S/C24H45N3/c1-4-6-24(11-12-24)21-26-15-13-23(14-16-26)9-7-22(3,8-10-23)27-19-17-25(5-2)18-20-27/h4-21H2,1-3H3. The Labute approximate surface area is 168 Å². The minimum Gasteiger partial charge on any atom is -0.303 e. The summed E-state index contributed by atoms with van der Waals surface area (Å²) in [4.78, 5) is 8.31. The van der Waals surface area contributed by atoms with Crippen molar-refractivity contribution in [2.75, 3.05) is 52.4 Å². The second-order valence-electron chi connectivity index (χ2n) is 10.9. The van der Waals surface area contributed by atoms with Gasteiger partial charge in [-0.05, 0) is 95.2 Å². The zero-order valence-corrected chi connectivity index (χ0v) is 18.6. The fourth-order valence-electron chi connectivity index (χ4n) is 6.59. The largest absolute Gasteiger partial charge is 0.303 e. The second kappa shape index (κ2) is 7.95. The van der Waals surface area contributed by atoms with Crippen LogP contribution in [0.15, 0.2) is 0 Å².